The van der Waals surface area contributed by atoms with E-state index in [9.17, 15) is 18.8 Å². The molecular formula is C27H28ClFN6O5S. The zero-order chi connectivity index (χ0) is 28.8. The van der Waals surface area contributed by atoms with Gasteiger partial charge in [0, 0.05) is 60.1 Å². The summed E-state index contributed by atoms with van der Waals surface area (Å²) in [5.41, 5.74) is 1.03. The van der Waals surface area contributed by atoms with E-state index in [1.807, 2.05) is 9.80 Å². The topological polar surface area (TPSA) is 117 Å². The second-order valence-electron chi connectivity index (χ2n) is 10.3. The molecule has 2 unspecified atom stereocenters. The van der Waals surface area contributed by atoms with Crippen LogP contribution in [0.3, 0.4) is 0 Å². The van der Waals surface area contributed by atoms with Gasteiger partial charge in [0.15, 0.2) is 10.8 Å². The number of urea groups is 1. The Morgan fingerprint density at radius 1 is 1.20 bits per heavy atom. The Morgan fingerprint density at radius 3 is 2.66 bits per heavy atom. The SMILES string of the molecule is COC(=O)C1=C(CN2CCN3C(=O)N(C4CC4)CC3C2C(=O)OC)NC(c2nccs2)=N[C@H]1c1ccc(F)cc1Cl. The molecule has 1 aromatic heterocycles. The minimum atomic E-state index is -0.929. The minimum Gasteiger partial charge on any atom is -0.468 e. The molecule has 0 radical (unpaired) electrons. The number of piperazine rings is 1. The molecule has 1 aliphatic carbocycles. The number of hydrogen-bond donors (Lipinski definition) is 1. The lowest BCUT2D eigenvalue weighted by Gasteiger charge is -2.43. The maximum Gasteiger partial charge on any atom is 0.338 e. The van der Waals surface area contributed by atoms with Crippen molar-refractivity contribution in [3.63, 3.8) is 0 Å². The Kier molecular flexibility index (Phi) is 7.43. The van der Waals surface area contributed by atoms with Gasteiger partial charge < -0.3 is 24.6 Å². The fourth-order valence-corrected chi connectivity index (χ4v) is 6.66. The molecule has 0 bridgehead atoms. The van der Waals surface area contributed by atoms with Gasteiger partial charge in [0.1, 0.15) is 17.9 Å². The van der Waals surface area contributed by atoms with E-state index < -0.39 is 35.9 Å². The number of rotatable bonds is 7. The predicted molar refractivity (Wildman–Crippen MR) is 148 cm³/mol. The Bertz CT molecular complexity index is 1450. The fourth-order valence-electron chi connectivity index (χ4n) is 5.80. The molecule has 2 amide bonds. The molecule has 3 atom stereocenters. The summed E-state index contributed by atoms with van der Waals surface area (Å²) in [5, 5.41) is 5.73. The number of nitrogens with one attached hydrogen (secondary N) is 1. The van der Waals surface area contributed by atoms with Gasteiger partial charge in [0.05, 0.1) is 25.8 Å². The Labute approximate surface area is 244 Å². The first kappa shape index (κ1) is 27.6. The lowest BCUT2D eigenvalue weighted by atomic mass is 9.94. The summed E-state index contributed by atoms with van der Waals surface area (Å²) in [6.45, 7) is 1.33. The highest BCUT2D eigenvalue weighted by Gasteiger charge is 2.53. The highest BCUT2D eigenvalue weighted by Crippen LogP contribution is 2.38. The zero-order valence-corrected chi connectivity index (χ0v) is 24.0. The first-order chi connectivity index (χ1) is 19.8. The first-order valence-electron chi connectivity index (χ1n) is 13.2. The average molecular weight is 603 g/mol. The molecule has 4 aliphatic rings. The van der Waals surface area contributed by atoms with E-state index in [0.29, 0.717) is 41.7 Å². The van der Waals surface area contributed by atoms with Gasteiger partial charge in [-0.2, -0.15) is 0 Å². The van der Waals surface area contributed by atoms with Gasteiger partial charge in [0.25, 0.3) is 0 Å². The summed E-state index contributed by atoms with van der Waals surface area (Å²) >= 11 is 7.81. The van der Waals surface area contributed by atoms with Gasteiger partial charge in [-0.1, -0.05) is 17.7 Å². The van der Waals surface area contributed by atoms with E-state index in [-0.39, 0.29) is 29.2 Å². The van der Waals surface area contributed by atoms with Crippen LogP contribution in [0.1, 0.15) is 29.5 Å². The maximum absolute atomic E-state index is 14.0. The second-order valence-corrected chi connectivity index (χ2v) is 11.6. The number of carbonyl (C=O) groups excluding carboxylic acids is 3. The third kappa shape index (κ3) is 5.06. The van der Waals surface area contributed by atoms with Gasteiger partial charge in [-0.25, -0.2) is 19.0 Å². The summed E-state index contributed by atoms with van der Waals surface area (Å²) < 4.78 is 24.3. The molecule has 3 fully saturated rings. The van der Waals surface area contributed by atoms with E-state index in [1.54, 1.807) is 16.5 Å². The molecule has 6 rings (SSSR count). The van der Waals surface area contributed by atoms with E-state index in [1.165, 1.54) is 43.8 Å². The van der Waals surface area contributed by atoms with Gasteiger partial charge >= 0.3 is 18.0 Å². The van der Waals surface area contributed by atoms with Crippen LogP contribution >= 0.6 is 22.9 Å². The molecule has 14 heteroatoms. The van der Waals surface area contributed by atoms with Gasteiger partial charge in [0.2, 0.25) is 0 Å². The van der Waals surface area contributed by atoms with Crippen molar-refractivity contribution in [2.24, 2.45) is 4.99 Å². The summed E-state index contributed by atoms with van der Waals surface area (Å²) in [7, 11) is 2.59. The van der Waals surface area contributed by atoms with Crippen LogP contribution < -0.4 is 5.32 Å². The number of esters is 2. The molecule has 1 saturated carbocycles. The van der Waals surface area contributed by atoms with Gasteiger partial charge in [-0.15, -0.1) is 11.3 Å². The number of hydrogen-bond acceptors (Lipinski definition) is 10. The van der Waals surface area contributed by atoms with Crippen LogP contribution in [-0.4, -0.2) is 102 Å². The number of aromatic nitrogens is 1. The number of thiazole rings is 1. The van der Waals surface area contributed by atoms with Crippen LogP contribution in [0.2, 0.25) is 5.02 Å². The van der Waals surface area contributed by atoms with Gasteiger partial charge in [-0.05, 0) is 25.0 Å². The molecule has 1 aromatic carbocycles. The average Bonchev–Trinajstić information content (AvgIpc) is 3.54. The lowest BCUT2D eigenvalue weighted by molar-refractivity contribution is -0.150. The molecule has 2 aromatic rings. The molecule has 3 aliphatic heterocycles. The number of amides is 2. The van der Waals surface area contributed by atoms with Crippen LogP contribution in [0.4, 0.5) is 9.18 Å². The molecular weight excluding hydrogens is 575 g/mol. The summed E-state index contributed by atoms with van der Waals surface area (Å²) in [6.07, 6.45) is 3.56. The predicted octanol–water partition coefficient (Wildman–Crippen LogP) is 2.58. The smallest absolute Gasteiger partial charge is 0.338 e. The molecule has 4 heterocycles. The van der Waals surface area contributed by atoms with Crippen LogP contribution in [-0.2, 0) is 19.1 Å². The fraction of sp³-hybridized carbons (Fsp3) is 0.444. The quantitative estimate of drug-likeness (QED) is 0.481. The number of ether oxygens (including phenoxy) is 2. The van der Waals surface area contributed by atoms with E-state index >= 15 is 0 Å². The number of halogens is 2. The monoisotopic (exact) mass is 602 g/mol. The normalized spacial score (nSPS) is 24.6. The molecule has 0 spiro atoms. The van der Waals surface area contributed by atoms with E-state index in [4.69, 9.17) is 26.1 Å². The van der Waals surface area contributed by atoms with Crippen molar-refractivity contribution < 1.29 is 28.2 Å². The number of benzene rings is 1. The molecule has 2 saturated heterocycles. The lowest BCUT2D eigenvalue weighted by Crippen LogP contribution is -2.62. The molecule has 41 heavy (non-hydrogen) atoms. The zero-order valence-electron chi connectivity index (χ0n) is 22.4. The summed E-state index contributed by atoms with van der Waals surface area (Å²) in [5.74, 6) is -1.24. The largest absolute Gasteiger partial charge is 0.468 e. The highest BCUT2D eigenvalue weighted by atomic mass is 35.5. The number of fused-ring (bicyclic) bond motifs is 1. The Hall–Kier alpha value is -3.55. The van der Waals surface area contributed by atoms with E-state index in [0.717, 1.165) is 12.8 Å². The Morgan fingerprint density at radius 2 is 2.00 bits per heavy atom. The molecule has 1 N–H and O–H groups in total. The number of aliphatic imine (C=N–C) groups is 1. The van der Waals surface area contributed by atoms with Crippen molar-refractivity contribution in [1.82, 2.24) is 25.0 Å². The minimum absolute atomic E-state index is 0.0551. The van der Waals surface area contributed by atoms with Crippen molar-refractivity contribution in [2.75, 3.05) is 40.4 Å². The van der Waals surface area contributed by atoms with Crippen molar-refractivity contribution in [2.45, 2.75) is 37.0 Å². The van der Waals surface area contributed by atoms with Crippen molar-refractivity contribution in [3.8, 4) is 0 Å². The number of amidine groups is 1. The van der Waals surface area contributed by atoms with Crippen LogP contribution in [0.5, 0.6) is 0 Å². The first-order valence-corrected chi connectivity index (χ1v) is 14.5. The van der Waals surface area contributed by atoms with Gasteiger partial charge in [-0.3, -0.25) is 14.7 Å². The van der Waals surface area contributed by atoms with E-state index in [2.05, 4.69) is 10.3 Å². The van der Waals surface area contributed by atoms with Crippen LogP contribution in [0.15, 0.2) is 46.0 Å². The third-order valence-corrected chi connectivity index (χ3v) is 8.98. The number of methoxy groups -OCH3 is 2. The molecule has 216 valence electrons. The second kappa shape index (κ2) is 11.0. The van der Waals surface area contributed by atoms with Crippen LogP contribution in [0, 0.1) is 5.82 Å². The third-order valence-electron chi connectivity index (χ3n) is 7.88. The maximum atomic E-state index is 14.0. The summed E-state index contributed by atoms with van der Waals surface area (Å²) in [4.78, 5) is 54.3. The van der Waals surface area contributed by atoms with Crippen LogP contribution in [0.25, 0.3) is 0 Å². The number of carbonyl (C=O) groups is 3. The Balaban J connectivity index is 1.41. The van der Waals surface area contributed by atoms with Crippen molar-refractivity contribution in [1.29, 1.82) is 0 Å². The number of nitrogens with zero attached hydrogens (tertiary/aromatic N) is 5. The standard InChI is InChI=1S/C27H28ClFN6O5S/c1-39-25(36)20-18(31-23(24-30-7-10-41-24)32-21(20)16-6-3-14(29)11-17(16)28)12-33-8-9-34-19(22(33)26(37)40-2)13-35(27(34)38)15-4-5-15/h3,6-7,10-11,15,19,21-22H,4-5,8-9,12-13H2,1-2H3,(H,31,32)/t19?,21-,22?/m0/s1. The highest BCUT2D eigenvalue weighted by molar-refractivity contribution is 7.11. The van der Waals surface area contributed by atoms with Crippen molar-refractivity contribution >= 4 is 46.7 Å². The van der Waals surface area contributed by atoms with Crippen molar-refractivity contribution in [3.05, 3.63) is 62.5 Å². The summed E-state index contributed by atoms with van der Waals surface area (Å²) in [6, 6.07) is 1.99. The molecule has 11 nitrogen and oxygen atoms in total.